The van der Waals surface area contributed by atoms with Crippen LogP contribution < -0.4 is 0 Å². The number of morpholine rings is 1. The smallest absolute Gasteiger partial charge is 0.243 e. The molecule has 20 heavy (non-hydrogen) atoms. The summed E-state index contributed by atoms with van der Waals surface area (Å²) in [5.74, 6) is 0. The Hall–Kier alpha value is -0.910. The molecular formula is C15H21NO3S. The van der Waals surface area contributed by atoms with Crippen molar-refractivity contribution >= 4 is 10.0 Å². The fourth-order valence-corrected chi connectivity index (χ4v) is 4.73. The predicted octanol–water partition coefficient (Wildman–Crippen LogP) is 1.97. The van der Waals surface area contributed by atoms with E-state index in [9.17, 15) is 8.42 Å². The second-order valence-electron chi connectivity index (χ2n) is 5.68. The molecule has 110 valence electrons. The van der Waals surface area contributed by atoms with Crippen LogP contribution in [0.3, 0.4) is 0 Å². The lowest BCUT2D eigenvalue weighted by Crippen LogP contribution is -2.46. The lowest BCUT2D eigenvalue weighted by molar-refractivity contribution is 0.0392. The van der Waals surface area contributed by atoms with Crippen LogP contribution in [0.5, 0.6) is 0 Å². The molecular weight excluding hydrogens is 274 g/mol. The number of sulfonamides is 1. The van der Waals surface area contributed by atoms with E-state index in [4.69, 9.17) is 4.74 Å². The fourth-order valence-electron chi connectivity index (χ4n) is 3.07. The highest BCUT2D eigenvalue weighted by Crippen LogP contribution is 2.27. The van der Waals surface area contributed by atoms with Gasteiger partial charge in [0, 0.05) is 12.6 Å². The van der Waals surface area contributed by atoms with Gasteiger partial charge in [-0.15, -0.1) is 0 Å². The van der Waals surface area contributed by atoms with Crippen LogP contribution in [0.4, 0.5) is 0 Å². The first-order valence-electron chi connectivity index (χ1n) is 7.30. The Bertz CT molecular complexity index is 597. The fraction of sp³-hybridized carbons (Fsp3) is 0.600. The summed E-state index contributed by atoms with van der Waals surface area (Å²) in [6.45, 7) is 3.30. The van der Waals surface area contributed by atoms with Gasteiger partial charge in [-0.3, -0.25) is 0 Å². The van der Waals surface area contributed by atoms with E-state index in [1.54, 1.807) is 10.4 Å². The van der Waals surface area contributed by atoms with Crippen LogP contribution in [0.1, 0.15) is 30.9 Å². The van der Waals surface area contributed by atoms with E-state index < -0.39 is 10.0 Å². The van der Waals surface area contributed by atoms with Gasteiger partial charge in [0.15, 0.2) is 0 Å². The number of benzene rings is 1. The van der Waals surface area contributed by atoms with Gasteiger partial charge in [-0.05, 0) is 55.9 Å². The van der Waals surface area contributed by atoms with Gasteiger partial charge < -0.3 is 4.74 Å². The quantitative estimate of drug-likeness (QED) is 0.838. The van der Waals surface area contributed by atoms with Crippen LogP contribution in [-0.4, -0.2) is 38.5 Å². The van der Waals surface area contributed by atoms with E-state index in [1.807, 2.05) is 19.1 Å². The van der Waals surface area contributed by atoms with Crippen LogP contribution in [-0.2, 0) is 27.6 Å². The number of fused-ring (bicyclic) bond motifs is 1. The summed E-state index contributed by atoms with van der Waals surface area (Å²) < 4.78 is 32.4. The van der Waals surface area contributed by atoms with Crippen molar-refractivity contribution in [3.05, 3.63) is 29.3 Å². The van der Waals surface area contributed by atoms with Crippen LogP contribution in [0, 0.1) is 0 Å². The van der Waals surface area contributed by atoms with Crippen molar-refractivity contribution in [2.24, 2.45) is 0 Å². The first kappa shape index (κ1) is 14.0. The van der Waals surface area contributed by atoms with Gasteiger partial charge in [0.1, 0.15) is 0 Å². The van der Waals surface area contributed by atoms with E-state index in [0.29, 0.717) is 24.7 Å². The van der Waals surface area contributed by atoms with Gasteiger partial charge in [-0.25, -0.2) is 8.42 Å². The van der Waals surface area contributed by atoms with E-state index in [0.717, 1.165) is 19.3 Å². The minimum Gasteiger partial charge on any atom is -0.378 e. The van der Waals surface area contributed by atoms with Crippen LogP contribution in [0.2, 0.25) is 0 Å². The summed E-state index contributed by atoms with van der Waals surface area (Å²) in [4.78, 5) is 0.437. The third kappa shape index (κ3) is 2.50. The molecule has 1 fully saturated rings. The van der Waals surface area contributed by atoms with Crippen molar-refractivity contribution in [2.45, 2.75) is 43.5 Å². The zero-order chi connectivity index (χ0) is 14.2. The third-order valence-corrected chi connectivity index (χ3v) is 6.24. The molecule has 0 aromatic heterocycles. The molecule has 0 amide bonds. The molecule has 1 aliphatic carbocycles. The lowest BCUT2D eigenvalue weighted by atomic mass is 9.92. The monoisotopic (exact) mass is 295 g/mol. The van der Waals surface area contributed by atoms with Crippen molar-refractivity contribution in [3.8, 4) is 0 Å². The largest absolute Gasteiger partial charge is 0.378 e. The SMILES string of the molecule is CC1COCCN1S(=O)(=O)c1ccc2c(c1)CCCC2. The summed E-state index contributed by atoms with van der Waals surface area (Å²) in [5, 5.41) is 0. The molecule has 1 atom stereocenters. The Morgan fingerprint density at radius 3 is 2.70 bits per heavy atom. The molecule has 1 aliphatic heterocycles. The molecule has 3 rings (SSSR count). The summed E-state index contributed by atoms with van der Waals surface area (Å²) in [5.41, 5.74) is 2.52. The van der Waals surface area contributed by atoms with Gasteiger partial charge >= 0.3 is 0 Å². The minimum absolute atomic E-state index is 0.0928. The van der Waals surface area contributed by atoms with Gasteiger partial charge in [0.2, 0.25) is 10.0 Å². The van der Waals surface area contributed by atoms with E-state index in [2.05, 4.69) is 0 Å². The van der Waals surface area contributed by atoms with Crippen molar-refractivity contribution < 1.29 is 13.2 Å². The van der Waals surface area contributed by atoms with Gasteiger partial charge in [-0.1, -0.05) is 6.07 Å². The lowest BCUT2D eigenvalue weighted by Gasteiger charge is -2.32. The van der Waals surface area contributed by atoms with Crippen molar-refractivity contribution in [1.82, 2.24) is 4.31 Å². The van der Waals surface area contributed by atoms with Crippen molar-refractivity contribution in [3.63, 3.8) is 0 Å². The summed E-state index contributed by atoms with van der Waals surface area (Å²) in [6.07, 6.45) is 4.44. The maximum Gasteiger partial charge on any atom is 0.243 e. The van der Waals surface area contributed by atoms with E-state index in [1.165, 1.54) is 17.5 Å². The standard InChI is InChI=1S/C15H21NO3S/c1-12-11-19-9-8-16(12)20(17,18)15-7-6-13-4-2-3-5-14(13)10-15/h6-7,10,12H,2-5,8-9,11H2,1H3. The molecule has 2 aliphatic rings. The molecule has 1 saturated heterocycles. The molecule has 0 radical (unpaired) electrons. The van der Waals surface area contributed by atoms with Gasteiger partial charge in [0.05, 0.1) is 18.1 Å². The number of ether oxygens (including phenoxy) is 1. The second-order valence-corrected chi connectivity index (χ2v) is 7.57. The highest BCUT2D eigenvalue weighted by Gasteiger charge is 2.31. The predicted molar refractivity (Wildman–Crippen MR) is 77.3 cm³/mol. The maximum atomic E-state index is 12.8. The number of nitrogens with zero attached hydrogens (tertiary/aromatic N) is 1. The Labute approximate surface area is 120 Å². The molecule has 5 heteroatoms. The normalized spacial score (nSPS) is 24.4. The van der Waals surface area contributed by atoms with Crippen LogP contribution >= 0.6 is 0 Å². The molecule has 0 saturated carbocycles. The molecule has 0 N–H and O–H groups in total. The maximum absolute atomic E-state index is 12.8. The first-order valence-corrected chi connectivity index (χ1v) is 8.74. The van der Waals surface area contributed by atoms with Crippen LogP contribution in [0.25, 0.3) is 0 Å². The average Bonchev–Trinajstić information content (AvgIpc) is 2.47. The molecule has 1 heterocycles. The molecule has 1 unspecified atom stereocenters. The Morgan fingerprint density at radius 1 is 1.20 bits per heavy atom. The molecule has 0 bridgehead atoms. The number of hydrogen-bond acceptors (Lipinski definition) is 3. The highest BCUT2D eigenvalue weighted by atomic mass is 32.2. The van der Waals surface area contributed by atoms with Crippen molar-refractivity contribution in [2.75, 3.05) is 19.8 Å². The number of aryl methyl sites for hydroxylation is 2. The highest BCUT2D eigenvalue weighted by molar-refractivity contribution is 7.89. The summed E-state index contributed by atoms with van der Waals surface area (Å²) >= 11 is 0. The molecule has 1 aromatic carbocycles. The van der Waals surface area contributed by atoms with Crippen LogP contribution in [0.15, 0.2) is 23.1 Å². The van der Waals surface area contributed by atoms with Gasteiger partial charge in [0.25, 0.3) is 0 Å². The first-order chi connectivity index (χ1) is 9.59. The third-order valence-electron chi connectivity index (χ3n) is 4.23. The average molecular weight is 295 g/mol. The second kappa shape index (κ2) is 5.47. The Kier molecular flexibility index (Phi) is 3.84. The van der Waals surface area contributed by atoms with E-state index >= 15 is 0 Å². The molecule has 0 spiro atoms. The van der Waals surface area contributed by atoms with E-state index in [-0.39, 0.29) is 6.04 Å². The minimum atomic E-state index is -3.39. The van der Waals surface area contributed by atoms with Gasteiger partial charge in [-0.2, -0.15) is 4.31 Å². The topological polar surface area (TPSA) is 46.6 Å². The number of hydrogen-bond donors (Lipinski definition) is 0. The summed E-state index contributed by atoms with van der Waals surface area (Å²) in [7, 11) is -3.39. The molecule has 4 nitrogen and oxygen atoms in total. The van der Waals surface area contributed by atoms with Crippen molar-refractivity contribution in [1.29, 1.82) is 0 Å². The summed E-state index contributed by atoms with van der Waals surface area (Å²) in [6, 6.07) is 5.55. The Balaban J connectivity index is 1.94. The number of rotatable bonds is 2. The zero-order valence-corrected chi connectivity index (χ0v) is 12.7. The molecule has 1 aromatic rings. The Morgan fingerprint density at radius 2 is 1.95 bits per heavy atom. The zero-order valence-electron chi connectivity index (χ0n) is 11.8.